The first-order valence-electron chi connectivity index (χ1n) is 17.5. The fraction of sp³-hybridized carbons (Fsp3) is 0. The summed E-state index contributed by atoms with van der Waals surface area (Å²) in [5.41, 5.74) is 9.75. The van der Waals surface area contributed by atoms with E-state index in [0.29, 0.717) is 0 Å². The van der Waals surface area contributed by atoms with E-state index >= 15 is 0 Å². The summed E-state index contributed by atoms with van der Waals surface area (Å²) in [7, 11) is 0. The zero-order chi connectivity index (χ0) is 34.2. The molecule has 2 nitrogen and oxygen atoms in total. The highest BCUT2D eigenvalue weighted by molar-refractivity contribution is 7.27. The van der Waals surface area contributed by atoms with Gasteiger partial charge in [0.1, 0.15) is 11.2 Å². The lowest BCUT2D eigenvalue weighted by Gasteiger charge is -2.28. The Morgan fingerprint density at radius 2 is 0.923 bits per heavy atom. The second kappa shape index (κ2) is 11.7. The summed E-state index contributed by atoms with van der Waals surface area (Å²) in [6, 6.07) is 63.7. The van der Waals surface area contributed by atoms with Crippen LogP contribution in [0.1, 0.15) is 0 Å². The molecule has 0 N–H and O–H groups in total. The third-order valence-corrected chi connectivity index (χ3v) is 12.7. The second-order valence-electron chi connectivity index (χ2n) is 13.3. The van der Waals surface area contributed by atoms with Gasteiger partial charge >= 0.3 is 0 Å². The van der Waals surface area contributed by atoms with E-state index in [1.807, 2.05) is 28.7 Å². The van der Waals surface area contributed by atoms with Crippen LogP contribution in [0.5, 0.6) is 0 Å². The maximum atomic E-state index is 6.63. The van der Waals surface area contributed by atoms with E-state index in [9.17, 15) is 0 Å². The number of para-hydroxylation sites is 2. The molecule has 244 valence electrons. The average Bonchev–Trinajstić information content (AvgIpc) is 3.90. The lowest BCUT2D eigenvalue weighted by molar-refractivity contribution is 0.670. The van der Waals surface area contributed by atoms with Crippen molar-refractivity contribution < 1.29 is 4.42 Å². The number of fused-ring (bicyclic) bond motifs is 9. The molecule has 3 heterocycles. The molecule has 11 rings (SSSR count). The van der Waals surface area contributed by atoms with Crippen molar-refractivity contribution >= 4 is 102 Å². The highest BCUT2D eigenvalue weighted by Gasteiger charge is 2.23. The molecule has 52 heavy (non-hydrogen) atoms. The summed E-state index contributed by atoms with van der Waals surface area (Å²) in [4.78, 5) is 2.50. The van der Waals surface area contributed by atoms with Crippen LogP contribution in [-0.4, -0.2) is 0 Å². The van der Waals surface area contributed by atoms with Crippen molar-refractivity contribution in [3.05, 3.63) is 176 Å². The summed E-state index contributed by atoms with van der Waals surface area (Å²) in [5, 5.41) is 7.39. The van der Waals surface area contributed by atoms with Gasteiger partial charge in [0.05, 0.1) is 20.8 Å². The Morgan fingerprint density at radius 1 is 0.385 bits per heavy atom. The van der Waals surface area contributed by atoms with Crippen LogP contribution in [0.2, 0.25) is 0 Å². The van der Waals surface area contributed by atoms with Crippen molar-refractivity contribution in [2.45, 2.75) is 0 Å². The van der Waals surface area contributed by atoms with E-state index in [-0.39, 0.29) is 0 Å². The number of hydrogen-bond acceptors (Lipinski definition) is 4. The van der Waals surface area contributed by atoms with E-state index in [2.05, 4.69) is 175 Å². The first-order valence-corrected chi connectivity index (χ1v) is 19.1. The predicted octanol–water partition coefficient (Wildman–Crippen LogP) is 15.1. The Balaban J connectivity index is 1.25. The van der Waals surface area contributed by atoms with E-state index in [1.54, 1.807) is 0 Å². The molecule has 0 amide bonds. The van der Waals surface area contributed by atoms with Gasteiger partial charge in [-0.2, -0.15) is 0 Å². The van der Waals surface area contributed by atoms with E-state index in [0.717, 1.165) is 44.3 Å². The molecule has 0 saturated carbocycles. The van der Waals surface area contributed by atoms with Gasteiger partial charge in [-0.15, -0.1) is 22.7 Å². The molecular formula is C48H29NOS2. The average molecular weight is 700 g/mol. The van der Waals surface area contributed by atoms with Gasteiger partial charge in [-0.05, 0) is 65.2 Å². The first-order chi connectivity index (χ1) is 25.8. The molecule has 11 aromatic rings. The first kappa shape index (κ1) is 29.5. The quantitative estimate of drug-likeness (QED) is 0.178. The number of hydrogen-bond donors (Lipinski definition) is 0. The molecule has 0 saturated heterocycles. The highest BCUT2D eigenvalue weighted by Crippen LogP contribution is 2.50. The number of benzene rings is 8. The molecule has 0 radical (unpaired) electrons. The Morgan fingerprint density at radius 3 is 1.62 bits per heavy atom. The Labute approximate surface area is 308 Å². The minimum Gasteiger partial charge on any atom is -0.455 e. The topological polar surface area (TPSA) is 16.4 Å². The fourth-order valence-electron chi connectivity index (χ4n) is 7.89. The van der Waals surface area contributed by atoms with Crippen LogP contribution >= 0.6 is 22.7 Å². The number of furan rings is 1. The van der Waals surface area contributed by atoms with Gasteiger partial charge in [0.2, 0.25) is 0 Å². The lowest BCUT2D eigenvalue weighted by atomic mass is 9.96. The van der Waals surface area contributed by atoms with Crippen LogP contribution in [0.3, 0.4) is 0 Å². The van der Waals surface area contributed by atoms with Crippen LogP contribution in [-0.2, 0) is 0 Å². The smallest absolute Gasteiger partial charge is 0.143 e. The van der Waals surface area contributed by atoms with Crippen LogP contribution in [0.4, 0.5) is 17.1 Å². The van der Waals surface area contributed by atoms with E-state index in [1.165, 1.54) is 57.3 Å². The predicted molar refractivity (Wildman–Crippen MR) is 225 cm³/mol. The summed E-state index contributed by atoms with van der Waals surface area (Å²) < 4.78 is 11.8. The summed E-state index contributed by atoms with van der Waals surface area (Å²) in [5.74, 6) is 0. The van der Waals surface area contributed by atoms with Crippen molar-refractivity contribution in [3.8, 4) is 22.3 Å². The minimum absolute atomic E-state index is 0.902. The molecule has 0 aliphatic carbocycles. The van der Waals surface area contributed by atoms with Crippen LogP contribution in [0.15, 0.2) is 180 Å². The number of anilines is 3. The minimum atomic E-state index is 0.902. The maximum Gasteiger partial charge on any atom is 0.143 e. The van der Waals surface area contributed by atoms with Crippen LogP contribution in [0, 0.1) is 0 Å². The van der Waals surface area contributed by atoms with Gasteiger partial charge in [0.15, 0.2) is 0 Å². The van der Waals surface area contributed by atoms with Gasteiger partial charge < -0.3 is 9.32 Å². The third-order valence-electron chi connectivity index (χ3n) is 10.2. The Bertz CT molecular complexity index is 3030. The summed E-state index contributed by atoms with van der Waals surface area (Å²) >= 11 is 3.74. The van der Waals surface area contributed by atoms with Gasteiger partial charge in [-0.25, -0.2) is 0 Å². The number of rotatable bonds is 5. The molecular weight excluding hydrogens is 671 g/mol. The number of nitrogens with zero attached hydrogens (tertiary/aromatic N) is 1. The lowest BCUT2D eigenvalue weighted by Crippen LogP contribution is -2.10. The van der Waals surface area contributed by atoms with E-state index < -0.39 is 0 Å². The highest BCUT2D eigenvalue weighted by atomic mass is 32.1. The van der Waals surface area contributed by atoms with Crippen molar-refractivity contribution in [1.29, 1.82) is 0 Å². The molecule has 0 aliphatic heterocycles. The van der Waals surface area contributed by atoms with Crippen molar-refractivity contribution in [2.75, 3.05) is 4.90 Å². The monoisotopic (exact) mass is 699 g/mol. The SMILES string of the molecule is c1ccc(-c2cc(-c3cccc4c3oc3ccccc34)cc(N(c3cccc4c3sc3ccccc34)c3cccc4c3sc3ccccc34)c2)cc1. The maximum absolute atomic E-state index is 6.63. The van der Waals surface area contributed by atoms with Crippen molar-refractivity contribution in [1.82, 2.24) is 0 Å². The van der Waals surface area contributed by atoms with E-state index in [4.69, 9.17) is 4.42 Å². The zero-order valence-electron chi connectivity index (χ0n) is 27.9. The summed E-state index contributed by atoms with van der Waals surface area (Å²) in [6.07, 6.45) is 0. The van der Waals surface area contributed by atoms with Gasteiger partial charge in [0, 0.05) is 53.0 Å². The molecule has 0 fully saturated rings. The van der Waals surface area contributed by atoms with Crippen LogP contribution in [0.25, 0.3) is 84.5 Å². The molecule has 0 spiro atoms. The molecule has 8 aromatic carbocycles. The Kier molecular flexibility index (Phi) is 6.63. The summed E-state index contributed by atoms with van der Waals surface area (Å²) in [6.45, 7) is 0. The van der Waals surface area contributed by atoms with Crippen molar-refractivity contribution in [3.63, 3.8) is 0 Å². The van der Waals surface area contributed by atoms with Gasteiger partial charge in [0.25, 0.3) is 0 Å². The third kappa shape index (κ3) is 4.55. The van der Waals surface area contributed by atoms with Crippen LogP contribution < -0.4 is 4.90 Å². The number of thiophene rings is 2. The molecule has 0 atom stereocenters. The Hall–Kier alpha value is -6.20. The molecule has 0 unspecified atom stereocenters. The van der Waals surface area contributed by atoms with Gasteiger partial charge in [-0.3, -0.25) is 0 Å². The molecule has 3 aromatic heterocycles. The largest absolute Gasteiger partial charge is 0.455 e. The zero-order valence-corrected chi connectivity index (χ0v) is 29.5. The van der Waals surface area contributed by atoms with Crippen molar-refractivity contribution in [2.24, 2.45) is 0 Å². The molecule has 0 aliphatic rings. The van der Waals surface area contributed by atoms with Gasteiger partial charge in [-0.1, -0.05) is 127 Å². The second-order valence-corrected chi connectivity index (χ2v) is 15.4. The normalized spacial score (nSPS) is 11.8. The fourth-order valence-corrected chi connectivity index (χ4v) is 10.3. The standard InChI is InChI=1S/C48H29NOS2/c1-2-13-30(14-3-1)31-27-32(34-18-10-19-38-35-15-4-7-24-43(35)50-46(34)38)29-33(28-31)49(41-22-11-20-39-36-16-5-8-25-44(36)51-47(39)41)42-23-12-21-40-37-17-6-9-26-45(37)52-48(40)42/h1-29H. The molecule has 0 bridgehead atoms. The molecule has 4 heteroatoms.